The van der Waals surface area contributed by atoms with E-state index in [1.165, 1.54) is 10.4 Å². The molecule has 1 aromatic carbocycles. The van der Waals surface area contributed by atoms with E-state index in [0.29, 0.717) is 22.6 Å². The van der Waals surface area contributed by atoms with Crippen molar-refractivity contribution in [3.8, 4) is 0 Å². The Balaban J connectivity index is 1.68. The second-order valence-corrected chi connectivity index (χ2v) is 9.81. The van der Waals surface area contributed by atoms with Crippen LogP contribution in [0, 0.1) is 11.3 Å². The van der Waals surface area contributed by atoms with Crippen molar-refractivity contribution in [2.45, 2.75) is 60.0 Å². The average Bonchev–Trinajstić information content (AvgIpc) is 3.04. The summed E-state index contributed by atoms with van der Waals surface area (Å²) in [6.07, 6.45) is 2.99. The number of hydrogen-bond acceptors (Lipinski definition) is 4. The minimum atomic E-state index is -0.354. The third-order valence-electron chi connectivity index (χ3n) is 5.35. The molecule has 0 radical (unpaired) electrons. The first-order chi connectivity index (χ1) is 13.1. The summed E-state index contributed by atoms with van der Waals surface area (Å²) >= 11 is 1.70. The van der Waals surface area contributed by atoms with E-state index in [2.05, 4.69) is 26.1 Å². The van der Waals surface area contributed by atoms with Crippen LogP contribution in [0.1, 0.15) is 72.2 Å². The van der Waals surface area contributed by atoms with Crippen molar-refractivity contribution < 1.29 is 14.3 Å². The maximum atomic E-state index is 12.8. The zero-order chi connectivity index (χ0) is 20.5. The van der Waals surface area contributed by atoms with Crippen LogP contribution in [0.3, 0.4) is 0 Å². The van der Waals surface area contributed by atoms with Gasteiger partial charge in [0.2, 0.25) is 0 Å². The van der Waals surface area contributed by atoms with Crippen LogP contribution in [0.25, 0.3) is 0 Å². The fourth-order valence-corrected chi connectivity index (χ4v) is 4.77. The van der Waals surface area contributed by atoms with Crippen molar-refractivity contribution in [2.24, 2.45) is 11.3 Å². The standard InChI is InChI=1S/C23H29NO3S/c1-14(2)27-22(26)15-6-9-17(10-7-15)24-21(25)19-13-28-20-12-16(23(3,4)5)8-11-18(19)20/h6-7,9-10,13-14,16H,8,11-12H2,1-5H3,(H,24,25)/t16-/m1/s1. The number of ether oxygens (including phenoxy) is 1. The van der Waals surface area contributed by atoms with Gasteiger partial charge in [0.25, 0.3) is 5.91 Å². The van der Waals surface area contributed by atoms with Crippen LogP contribution in [0.4, 0.5) is 5.69 Å². The number of amides is 1. The molecule has 1 aromatic heterocycles. The Labute approximate surface area is 171 Å². The van der Waals surface area contributed by atoms with Crippen molar-refractivity contribution >= 4 is 28.9 Å². The maximum absolute atomic E-state index is 12.8. The predicted octanol–water partition coefficient (Wildman–Crippen LogP) is 5.72. The highest BCUT2D eigenvalue weighted by atomic mass is 32.1. The normalized spacial score (nSPS) is 16.6. The molecular formula is C23H29NO3S. The second-order valence-electron chi connectivity index (χ2n) is 8.84. The van der Waals surface area contributed by atoms with Crippen molar-refractivity contribution in [1.82, 2.24) is 0 Å². The van der Waals surface area contributed by atoms with Crippen molar-refractivity contribution in [2.75, 3.05) is 5.32 Å². The van der Waals surface area contributed by atoms with E-state index in [9.17, 15) is 9.59 Å². The predicted molar refractivity (Wildman–Crippen MR) is 114 cm³/mol. The molecule has 150 valence electrons. The largest absolute Gasteiger partial charge is 0.459 e. The van der Waals surface area contributed by atoms with Gasteiger partial charge >= 0.3 is 5.97 Å². The number of anilines is 1. The van der Waals surface area contributed by atoms with Gasteiger partial charge in [0.15, 0.2) is 0 Å². The van der Waals surface area contributed by atoms with Gasteiger partial charge in [0.1, 0.15) is 0 Å². The highest BCUT2D eigenvalue weighted by Gasteiger charge is 2.31. The zero-order valence-corrected chi connectivity index (χ0v) is 18.1. The quantitative estimate of drug-likeness (QED) is 0.669. The number of nitrogens with one attached hydrogen (secondary N) is 1. The summed E-state index contributed by atoms with van der Waals surface area (Å²) in [6, 6.07) is 6.83. The first-order valence-corrected chi connectivity index (χ1v) is 10.7. The van der Waals surface area contributed by atoms with Gasteiger partial charge in [0.05, 0.1) is 17.2 Å². The first-order valence-electron chi connectivity index (χ1n) is 9.86. The van der Waals surface area contributed by atoms with Crippen LogP contribution in [-0.2, 0) is 17.6 Å². The molecule has 1 amide bonds. The van der Waals surface area contributed by atoms with Crippen LogP contribution in [0.5, 0.6) is 0 Å². The van der Waals surface area contributed by atoms with Gasteiger partial charge in [0, 0.05) is 15.9 Å². The van der Waals surface area contributed by atoms with Gasteiger partial charge in [-0.3, -0.25) is 4.79 Å². The molecular weight excluding hydrogens is 370 g/mol. The van der Waals surface area contributed by atoms with Crippen LogP contribution in [-0.4, -0.2) is 18.0 Å². The highest BCUT2D eigenvalue weighted by Crippen LogP contribution is 2.40. The monoisotopic (exact) mass is 399 g/mol. The van der Waals surface area contributed by atoms with Gasteiger partial charge in [-0.1, -0.05) is 20.8 Å². The molecule has 0 spiro atoms. The van der Waals surface area contributed by atoms with Crippen molar-refractivity contribution in [1.29, 1.82) is 0 Å². The van der Waals surface area contributed by atoms with Crippen molar-refractivity contribution in [3.05, 3.63) is 51.2 Å². The Morgan fingerprint density at radius 1 is 1.18 bits per heavy atom. The van der Waals surface area contributed by atoms with Crippen molar-refractivity contribution in [3.63, 3.8) is 0 Å². The number of carbonyl (C=O) groups excluding carboxylic acids is 2. The molecule has 3 rings (SSSR count). The fourth-order valence-electron chi connectivity index (χ4n) is 3.61. The lowest BCUT2D eigenvalue weighted by Gasteiger charge is -2.34. The molecule has 1 heterocycles. The van der Waals surface area contributed by atoms with Gasteiger partial charge < -0.3 is 10.1 Å². The summed E-state index contributed by atoms with van der Waals surface area (Å²) in [5.41, 5.74) is 3.45. The number of esters is 1. The van der Waals surface area contributed by atoms with Crippen LogP contribution in [0.15, 0.2) is 29.6 Å². The Morgan fingerprint density at radius 3 is 2.46 bits per heavy atom. The van der Waals surface area contributed by atoms with E-state index in [4.69, 9.17) is 4.74 Å². The summed E-state index contributed by atoms with van der Waals surface area (Å²) in [5, 5.41) is 4.94. The Bertz CT molecular complexity index is 859. The molecule has 0 aliphatic heterocycles. The van der Waals surface area contributed by atoms with Crippen LogP contribution >= 0.6 is 11.3 Å². The number of fused-ring (bicyclic) bond motifs is 1. The molecule has 1 aliphatic rings. The van der Waals surface area contributed by atoms with Gasteiger partial charge in [-0.25, -0.2) is 4.79 Å². The molecule has 0 saturated heterocycles. The van der Waals surface area contributed by atoms with E-state index in [1.807, 2.05) is 19.2 Å². The molecule has 0 unspecified atom stereocenters. The van der Waals surface area contributed by atoms with Gasteiger partial charge in [-0.15, -0.1) is 11.3 Å². The summed E-state index contributed by atoms with van der Waals surface area (Å²) in [4.78, 5) is 26.1. The van der Waals surface area contributed by atoms with Gasteiger partial charge in [-0.2, -0.15) is 0 Å². The minimum absolute atomic E-state index is 0.0794. The van der Waals surface area contributed by atoms with Crippen LogP contribution in [0.2, 0.25) is 0 Å². The number of rotatable bonds is 4. The zero-order valence-electron chi connectivity index (χ0n) is 17.3. The number of carbonyl (C=O) groups is 2. The molecule has 0 fully saturated rings. The van der Waals surface area contributed by atoms with E-state index >= 15 is 0 Å². The smallest absolute Gasteiger partial charge is 0.338 e. The molecule has 1 aliphatic carbocycles. The topological polar surface area (TPSA) is 55.4 Å². The summed E-state index contributed by atoms with van der Waals surface area (Å²) < 4.78 is 5.19. The lowest BCUT2D eigenvalue weighted by Crippen LogP contribution is -2.27. The minimum Gasteiger partial charge on any atom is -0.459 e. The van der Waals surface area contributed by atoms with E-state index < -0.39 is 0 Å². The molecule has 0 bridgehead atoms. The second kappa shape index (κ2) is 8.08. The molecule has 28 heavy (non-hydrogen) atoms. The van der Waals surface area contributed by atoms with E-state index in [0.717, 1.165) is 24.8 Å². The number of hydrogen-bond donors (Lipinski definition) is 1. The average molecular weight is 400 g/mol. The van der Waals surface area contributed by atoms with Gasteiger partial charge in [-0.05, 0) is 74.3 Å². The molecule has 4 nitrogen and oxygen atoms in total. The fraction of sp³-hybridized carbons (Fsp3) is 0.478. The summed E-state index contributed by atoms with van der Waals surface area (Å²) in [5.74, 6) is 0.227. The maximum Gasteiger partial charge on any atom is 0.338 e. The molecule has 1 N–H and O–H groups in total. The SMILES string of the molecule is CC(C)OC(=O)c1ccc(NC(=O)c2csc3c2CC[C@@H](C(C)(C)C)C3)cc1. The summed E-state index contributed by atoms with van der Waals surface area (Å²) in [7, 11) is 0. The lowest BCUT2D eigenvalue weighted by molar-refractivity contribution is 0.0378. The number of thiophene rings is 1. The lowest BCUT2D eigenvalue weighted by atomic mass is 9.72. The van der Waals surface area contributed by atoms with E-state index in [-0.39, 0.29) is 18.0 Å². The molecule has 5 heteroatoms. The number of benzene rings is 1. The Kier molecular flexibility index (Phi) is 5.94. The highest BCUT2D eigenvalue weighted by molar-refractivity contribution is 7.10. The summed E-state index contributed by atoms with van der Waals surface area (Å²) in [6.45, 7) is 10.5. The Hall–Kier alpha value is -2.14. The first kappa shape index (κ1) is 20.6. The molecule has 2 aromatic rings. The van der Waals surface area contributed by atoms with Crippen LogP contribution < -0.4 is 5.32 Å². The Morgan fingerprint density at radius 2 is 1.86 bits per heavy atom. The van der Waals surface area contributed by atoms with E-state index in [1.54, 1.807) is 35.6 Å². The third kappa shape index (κ3) is 4.64. The third-order valence-corrected chi connectivity index (χ3v) is 6.40. The molecule has 0 saturated carbocycles. The molecule has 1 atom stereocenters.